The number of hydrogen-bond acceptors (Lipinski definition) is 3. The first-order valence-corrected chi connectivity index (χ1v) is 8.17. The van der Waals surface area contributed by atoms with Gasteiger partial charge in [-0.2, -0.15) is 0 Å². The van der Waals surface area contributed by atoms with E-state index in [9.17, 15) is 4.79 Å². The van der Waals surface area contributed by atoms with Crippen LogP contribution in [-0.2, 0) is 9.47 Å². The first-order chi connectivity index (χ1) is 8.69. The van der Waals surface area contributed by atoms with Gasteiger partial charge in [-0.25, -0.2) is 4.79 Å². The molecule has 1 saturated heterocycles. The van der Waals surface area contributed by atoms with E-state index in [-0.39, 0.29) is 12.2 Å². The predicted octanol–water partition coefficient (Wildman–Crippen LogP) is 3.47. The summed E-state index contributed by atoms with van der Waals surface area (Å²) >= 11 is 2.36. The van der Waals surface area contributed by atoms with Gasteiger partial charge in [-0.3, -0.25) is 0 Å². The monoisotopic (exact) mass is 383 g/mol. The zero-order valence-electron chi connectivity index (χ0n) is 12.6. The Kier molecular flexibility index (Phi) is 6.36. The van der Waals surface area contributed by atoms with Crippen LogP contribution in [0.3, 0.4) is 0 Å². The molecule has 4 nitrogen and oxygen atoms in total. The Balaban J connectivity index is 2.39. The van der Waals surface area contributed by atoms with Crippen LogP contribution in [0.1, 0.15) is 41.0 Å². The Hall–Kier alpha value is -0.0400. The lowest BCUT2D eigenvalue weighted by Crippen LogP contribution is -2.36. The van der Waals surface area contributed by atoms with Crippen molar-refractivity contribution in [3.63, 3.8) is 0 Å². The second-order valence-corrected chi connectivity index (χ2v) is 8.09. The molecule has 0 aromatic rings. The van der Waals surface area contributed by atoms with Gasteiger partial charge in [-0.05, 0) is 33.1 Å². The fourth-order valence-electron chi connectivity index (χ4n) is 1.82. The number of rotatable bonds is 4. The summed E-state index contributed by atoms with van der Waals surface area (Å²) in [6, 6.07) is 0. The molecule has 0 aromatic carbocycles. The molecular formula is C14H26INO3. The van der Waals surface area contributed by atoms with E-state index in [1.165, 1.54) is 0 Å². The van der Waals surface area contributed by atoms with Gasteiger partial charge in [0.05, 0.1) is 16.6 Å². The number of likely N-dealkylation sites (tertiary alicyclic amines) is 1. The number of carbonyl (C=O) groups excluding carboxylic acids is 1. The van der Waals surface area contributed by atoms with Crippen LogP contribution in [0.15, 0.2) is 0 Å². The largest absolute Gasteiger partial charge is 0.444 e. The summed E-state index contributed by atoms with van der Waals surface area (Å²) in [5.41, 5.74) is -0.436. The van der Waals surface area contributed by atoms with Crippen molar-refractivity contribution in [2.75, 3.05) is 19.7 Å². The highest BCUT2D eigenvalue weighted by Crippen LogP contribution is 2.23. The van der Waals surface area contributed by atoms with Crippen molar-refractivity contribution in [1.82, 2.24) is 4.90 Å². The Morgan fingerprint density at radius 3 is 2.53 bits per heavy atom. The Labute approximate surface area is 130 Å². The van der Waals surface area contributed by atoms with Crippen molar-refractivity contribution < 1.29 is 14.3 Å². The molecule has 5 heteroatoms. The summed E-state index contributed by atoms with van der Waals surface area (Å²) in [7, 11) is 0. The number of amides is 1. The third-order valence-corrected chi connectivity index (χ3v) is 4.07. The number of halogens is 1. The van der Waals surface area contributed by atoms with Crippen molar-refractivity contribution in [2.45, 2.75) is 56.7 Å². The van der Waals surface area contributed by atoms with Crippen molar-refractivity contribution >= 4 is 28.7 Å². The molecule has 0 saturated carbocycles. The van der Waals surface area contributed by atoms with Crippen molar-refractivity contribution in [3.05, 3.63) is 0 Å². The van der Waals surface area contributed by atoms with Gasteiger partial charge in [0, 0.05) is 13.2 Å². The van der Waals surface area contributed by atoms with E-state index in [1.54, 1.807) is 4.90 Å². The molecule has 0 radical (unpaired) electrons. The summed E-state index contributed by atoms with van der Waals surface area (Å²) in [5, 5.41) is 0. The van der Waals surface area contributed by atoms with Gasteiger partial charge in [-0.1, -0.05) is 36.4 Å². The molecule has 1 heterocycles. The molecule has 1 rings (SSSR count). The molecule has 2 unspecified atom stereocenters. The molecule has 19 heavy (non-hydrogen) atoms. The van der Waals surface area contributed by atoms with E-state index < -0.39 is 5.60 Å². The van der Waals surface area contributed by atoms with Gasteiger partial charge in [0.15, 0.2) is 0 Å². The molecule has 1 fully saturated rings. The minimum atomic E-state index is -0.436. The van der Waals surface area contributed by atoms with Gasteiger partial charge in [0.2, 0.25) is 0 Å². The van der Waals surface area contributed by atoms with E-state index in [0.29, 0.717) is 22.9 Å². The minimum Gasteiger partial charge on any atom is -0.444 e. The summed E-state index contributed by atoms with van der Waals surface area (Å²) in [6.07, 6.45) is 0.961. The summed E-state index contributed by atoms with van der Waals surface area (Å²) in [6.45, 7) is 12.2. The average Bonchev–Trinajstić information content (AvgIpc) is 2.57. The molecule has 0 aromatic heterocycles. The lowest BCUT2D eigenvalue weighted by Gasteiger charge is -2.24. The molecule has 1 amide bonds. The lowest BCUT2D eigenvalue weighted by molar-refractivity contribution is 0.0203. The Bertz CT molecular complexity index is 302. The van der Waals surface area contributed by atoms with Gasteiger partial charge in [0.25, 0.3) is 0 Å². The number of nitrogens with zero attached hydrogens (tertiary/aromatic N) is 1. The van der Waals surface area contributed by atoms with Crippen LogP contribution in [0, 0.1) is 5.92 Å². The first kappa shape index (κ1) is 17.0. The van der Waals surface area contributed by atoms with Crippen LogP contribution in [0.2, 0.25) is 0 Å². The fraction of sp³-hybridized carbons (Fsp3) is 0.929. The van der Waals surface area contributed by atoms with Gasteiger partial charge in [-0.15, -0.1) is 0 Å². The zero-order valence-corrected chi connectivity index (χ0v) is 14.8. The van der Waals surface area contributed by atoms with Crippen LogP contribution >= 0.6 is 22.6 Å². The number of ether oxygens (including phenoxy) is 2. The topological polar surface area (TPSA) is 38.8 Å². The molecule has 0 N–H and O–H groups in total. The maximum Gasteiger partial charge on any atom is 0.410 e. The summed E-state index contributed by atoms with van der Waals surface area (Å²) in [5.74, 6) is 0.649. The first-order valence-electron chi connectivity index (χ1n) is 6.92. The molecule has 0 spiro atoms. The number of hydrogen-bond donors (Lipinski definition) is 0. The van der Waals surface area contributed by atoms with Gasteiger partial charge >= 0.3 is 6.09 Å². The molecule has 0 bridgehead atoms. The van der Waals surface area contributed by atoms with E-state index in [1.807, 2.05) is 20.8 Å². The minimum absolute atomic E-state index is 0.131. The normalized spacial score (nSPS) is 24.1. The Morgan fingerprint density at radius 2 is 2.00 bits per heavy atom. The lowest BCUT2D eigenvalue weighted by atomic mass is 10.1. The van der Waals surface area contributed by atoms with E-state index in [2.05, 4.69) is 36.4 Å². The van der Waals surface area contributed by atoms with Crippen LogP contribution in [0.5, 0.6) is 0 Å². The molecule has 2 atom stereocenters. The summed E-state index contributed by atoms with van der Waals surface area (Å²) in [4.78, 5) is 13.7. The zero-order chi connectivity index (χ0) is 14.6. The number of carbonyl (C=O) groups is 1. The Morgan fingerprint density at radius 1 is 1.37 bits per heavy atom. The highest BCUT2D eigenvalue weighted by atomic mass is 127. The maximum absolute atomic E-state index is 12.0. The molecule has 1 aliphatic rings. The molecule has 112 valence electrons. The smallest absolute Gasteiger partial charge is 0.410 e. The quantitative estimate of drug-likeness (QED) is 0.551. The second-order valence-electron chi connectivity index (χ2n) is 6.49. The number of alkyl halides is 1. The van der Waals surface area contributed by atoms with Gasteiger partial charge in [0.1, 0.15) is 5.60 Å². The standard InChI is InChI=1S/C14H26INO3/c1-10(2)6-7-18-12-9-16(8-11(12)15)13(17)19-14(3,4)5/h10-12H,6-9H2,1-5H3. The van der Waals surface area contributed by atoms with Crippen LogP contribution in [-0.4, -0.2) is 46.3 Å². The highest BCUT2D eigenvalue weighted by Gasteiger charge is 2.36. The third-order valence-electron chi connectivity index (χ3n) is 2.88. The van der Waals surface area contributed by atoms with Crippen molar-refractivity contribution in [3.8, 4) is 0 Å². The van der Waals surface area contributed by atoms with Crippen molar-refractivity contribution in [1.29, 1.82) is 0 Å². The van der Waals surface area contributed by atoms with Crippen molar-refractivity contribution in [2.24, 2.45) is 5.92 Å². The third kappa shape index (κ3) is 6.29. The van der Waals surface area contributed by atoms with Crippen LogP contribution in [0.25, 0.3) is 0 Å². The molecular weight excluding hydrogens is 357 g/mol. The highest BCUT2D eigenvalue weighted by molar-refractivity contribution is 14.1. The van der Waals surface area contributed by atoms with E-state index in [4.69, 9.17) is 9.47 Å². The maximum atomic E-state index is 12.0. The van der Waals surface area contributed by atoms with Crippen LogP contribution < -0.4 is 0 Å². The van der Waals surface area contributed by atoms with E-state index >= 15 is 0 Å². The molecule has 0 aliphatic carbocycles. The summed E-state index contributed by atoms with van der Waals surface area (Å²) < 4.78 is 11.6. The average molecular weight is 383 g/mol. The van der Waals surface area contributed by atoms with Gasteiger partial charge < -0.3 is 14.4 Å². The molecule has 1 aliphatic heterocycles. The second kappa shape index (κ2) is 7.11. The fourth-order valence-corrected chi connectivity index (χ4v) is 2.73. The van der Waals surface area contributed by atoms with Crippen LogP contribution in [0.4, 0.5) is 4.79 Å². The SMILES string of the molecule is CC(C)CCOC1CN(C(=O)OC(C)(C)C)CC1I. The predicted molar refractivity (Wildman–Crippen MR) is 84.8 cm³/mol. The van der Waals surface area contributed by atoms with E-state index in [0.717, 1.165) is 13.0 Å².